The second-order valence-corrected chi connectivity index (χ2v) is 6.48. The number of hydrogen-bond donors (Lipinski definition) is 1. The molecule has 0 saturated heterocycles. The zero-order valence-corrected chi connectivity index (χ0v) is 13.0. The first-order valence-corrected chi connectivity index (χ1v) is 8.55. The number of ether oxygens (including phenoxy) is 1. The van der Waals surface area contributed by atoms with Gasteiger partial charge >= 0.3 is 0 Å². The largest absolute Gasteiger partial charge is 0.488 e. The topological polar surface area (TPSA) is 38.5 Å². The van der Waals surface area contributed by atoms with Crippen LogP contribution in [-0.4, -0.2) is 36.7 Å². The summed E-state index contributed by atoms with van der Waals surface area (Å²) in [6.45, 7) is 2.96. The summed E-state index contributed by atoms with van der Waals surface area (Å²) in [7, 11) is 0. The lowest BCUT2D eigenvalue weighted by Gasteiger charge is -2.35. The van der Waals surface area contributed by atoms with Gasteiger partial charge in [0.2, 0.25) is 0 Å². The predicted molar refractivity (Wildman–Crippen MR) is 86.7 cm³/mol. The highest BCUT2D eigenvalue weighted by Gasteiger charge is 2.28. The summed E-state index contributed by atoms with van der Waals surface area (Å²) >= 11 is 0. The smallest absolute Gasteiger partial charge is 0.123 e. The lowest BCUT2D eigenvalue weighted by atomic mass is 9.93. The maximum absolute atomic E-state index is 6.14. The van der Waals surface area contributed by atoms with Gasteiger partial charge in [-0.2, -0.15) is 0 Å². The molecule has 0 spiro atoms. The van der Waals surface area contributed by atoms with Crippen LogP contribution in [0.5, 0.6) is 5.75 Å². The van der Waals surface area contributed by atoms with Crippen LogP contribution >= 0.6 is 0 Å². The molecule has 116 valence electrons. The molecule has 1 atom stereocenters. The van der Waals surface area contributed by atoms with Crippen molar-refractivity contribution in [3.63, 3.8) is 0 Å². The molecule has 1 aromatic rings. The fourth-order valence-electron chi connectivity index (χ4n) is 3.78. The summed E-state index contributed by atoms with van der Waals surface area (Å²) in [5.74, 6) is 1.09. The molecule has 0 amide bonds. The molecule has 1 saturated carbocycles. The van der Waals surface area contributed by atoms with Crippen molar-refractivity contribution in [1.82, 2.24) is 4.90 Å². The van der Waals surface area contributed by atoms with E-state index < -0.39 is 0 Å². The Morgan fingerprint density at radius 1 is 1.14 bits per heavy atom. The Labute approximate surface area is 128 Å². The van der Waals surface area contributed by atoms with Crippen molar-refractivity contribution in [3.8, 4) is 5.75 Å². The molecule has 2 aliphatic rings. The van der Waals surface area contributed by atoms with E-state index in [1.165, 1.54) is 37.7 Å². The minimum Gasteiger partial charge on any atom is -0.488 e. The quantitative estimate of drug-likeness (QED) is 0.874. The van der Waals surface area contributed by atoms with Crippen molar-refractivity contribution in [2.75, 3.05) is 19.6 Å². The molecule has 3 heteroatoms. The molecule has 1 aliphatic carbocycles. The van der Waals surface area contributed by atoms with Crippen LogP contribution in [0.15, 0.2) is 24.3 Å². The van der Waals surface area contributed by atoms with Crippen LogP contribution in [0.3, 0.4) is 0 Å². The van der Waals surface area contributed by atoms with Gasteiger partial charge in [0.1, 0.15) is 11.9 Å². The van der Waals surface area contributed by atoms with Gasteiger partial charge in [0.15, 0.2) is 0 Å². The van der Waals surface area contributed by atoms with Gasteiger partial charge in [-0.25, -0.2) is 0 Å². The van der Waals surface area contributed by atoms with Gasteiger partial charge in [0.25, 0.3) is 0 Å². The summed E-state index contributed by atoms with van der Waals surface area (Å²) < 4.78 is 6.14. The van der Waals surface area contributed by atoms with Crippen molar-refractivity contribution in [1.29, 1.82) is 0 Å². The molecule has 0 radical (unpaired) electrons. The monoisotopic (exact) mass is 288 g/mol. The standard InChI is InChI=1S/C18H28N2O/c19-11-6-12-20(16-8-2-1-3-9-16)14-17-13-15-7-4-5-10-18(15)21-17/h4-5,7,10,16-17H,1-3,6,8-9,11-14,19H2. The summed E-state index contributed by atoms with van der Waals surface area (Å²) in [4.78, 5) is 2.66. The molecule has 0 aromatic heterocycles. The van der Waals surface area contributed by atoms with Crippen LogP contribution in [0.4, 0.5) is 0 Å². The van der Waals surface area contributed by atoms with E-state index in [9.17, 15) is 0 Å². The van der Waals surface area contributed by atoms with Gasteiger partial charge < -0.3 is 10.5 Å². The van der Waals surface area contributed by atoms with Crippen molar-refractivity contribution < 1.29 is 4.74 Å². The predicted octanol–water partition coefficient (Wildman–Crippen LogP) is 2.97. The van der Waals surface area contributed by atoms with E-state index in [0.717, 1.165) is 44.3 Å². The summed E-state index contributed by atoms with van der Waals surface area (Å²) in [6, 6.07) is 9.21. The highest BCUT2D eigenvalue weighted by atomic mass is 16.5. The molecular formula is C18H28N2O. The second-order valence-electron chi connectivity index (χ2n) is 6.48. The molecule has 1 heterocycles. The first kappa shape index (κ1) is 14.9. The van der Waals surface area contributed by atoms with Crippen LogP contribution in [-0.2, 0) is 6.42 Å². The van der Waals surface area contributed by atoms with Crippen molar-refractivity contribution in [2.45, 2.75) is 57.1 Å². The number of fused-ring (bicyclic) bond motifs is 1. The molecule has 2 N–H and O–H groups in total. The van der Waals surface area contributed by atoms with Gasteiger partial charge in [-0.05, 0) is 44.0 Å². The van der Waals surface area contributed by atoms with E-state index in [1.54, 1.807) is 0 Å². The summed E-state index contributed by atoms with van der Waals surface area (Å²) in [5.41, 5.74) is 7.09. The maximum atomic E-state index is 6.14. The second kappa shape index (κ2) is 7.28. The molecule has 3 rings (SSSR count). The minimum atomic E-state index is 0.321. The van der Waals surface area contributed by atoms with Crippen LogP contribution in [0.25, 0.3) is 0 Å². The Kier molecular flexibility index (Phi) is 5.15. The SMILES string of the molecule is NCCCN(CC1Cc2ccccc2O1)C1CCCCC1. The molecule has 1 aromatic carbocycles. The van der Waals surface area contributed by atoms with Crippen LogP contribution < -0.4 is 10.5 Å². The highest BCUT2D eigenvalue weighted by molar-refractivity contribution is 5.37. The fourth-order valence-corrected chi connectivity index (χ4v) is 3.78. The molecule has 3 nitrogen and oxygen atoms in total. The highest BCUT2D eigenvalue weighted by Crippen LogP contribution is 2.30. The lowest BCUT2D eigenvalue weighted by Crippen LogP contribution is -2.43. The van der Waals surface area contributed by atoms with Crippen molar-refractivity contribution >= 4 is 0 Å². The minimum absolute atomic E-state index is 0.321. The lowest BCUT2D eigenvalue weighted by molar-refractivity contribution is 0.0961. The molecule has 21 heavy (non-hydrogen) atoms. The average Bonchev–Trinajstić information content (AvgIpc) is 2.94. The number of para-hydroxylation sites is 1. The van der Waals surface area contributed by atoms with E-state index >= 15 is 0 Å². The molecule has 1 aliphatic heterocycles. The Balaban J connectivity index is 1.59. The van der Waals surface area contributed by atoms with Crippen molar-refractivity contribution in [2.24, 2.45) is 5.73 Å². The van der Waals surface area contributed by atoms with E-state index in [-0.39, 0.29) is 0 Å². The van der Waals surface area contributed by atoms with Crippen LogP contribution in [0.2, 0.25) is 0 Å². The third-order valence-electron chi connectivity index (χ3n) is 4.89. The first-order valence-electron chi connectivity index (χ1n) is 8.55. The van der Waals surface area contributed by atoms with Gasteiger partial charge in [0.05, 0.1) is 0 Å². The van der Waals surface area contributed by atoms with Crippen LogP contribution in [0, 0.1) is 0 Å². The summed E-state index contributed by atoms with van der Waals surface area (Å²) in [5, 5.41) is 0. The number of rotatable bonds is 6. The van der Waals surface area contributed by atoms with Crippen LogP contribution in [0.1, 0.15) is 44.1 Å². The number of benzene rings is 1. The van der Waals surface area contributed by atoms with Gasteiger partial charge in [-0.1, -0.05) is 37.5 Å². The number of nitrogens with zero attached hydrogens (tertiary/aromatic N) is 1. The van der Waals surface area contributed by atoms with E-state index in [0.29, 0.717) is 6.10 Å². The third kappa shape index (κ3) is 3.78. The van der Waals surface area contributed by atoms with E-state index in [2.05, 4.69) is 29.2 Å². The average molecular weight is 288 g/mol. The normalized spacial score (nSPS) is 22.3. The van der Waals surface area contributed by atoms with E-state index in [4.69, 9.17) is 10.5 Å². The molecule has 1 unspecified atom stereocenters. The maximum Gasteiger partial charge on any atom is 0.123 e. The number of hydrogen-bond acceptors (Lipinski definition) is 3. The number of nitrogens with two attached hydrogens (primary N) is 1. The van der Waals surface area contributed by atoms with E-state index in [1.807, 2.05) is 0 Å². The molecule has 0 bridgehead atoms. The molecule has 1 fully saturated rings. The third-order valence-corrected chi connectivity index (χ3v) is 4.89. The molecular weight excluding hydrogens is 260 g/mol. The Bertz CT molecular complexity index is 418. The fraction of sp³-hybridized carbons (Fsp3) is 0.667. The van der Waals surface area contributed by atoms with Gasteiger partial charge in [-0.3, -0.25) is 4.90 Å². The summed E-state index contributed by atoms with van der Waals surface area (Å²) in [6.07, 6.45) is 9.35. The van der Waals surface area contributed by atoms with Gasteiger partial charge in [-0.15, -0.1) is 0 Å². The Hall–Kier alpha value is -1.06. The Morgan fingerprint density at radius 2 is 1.95 bits per heavy atom. The Morgan fingerprint density at radius 3 is 2.71 bits per heavy atom. The zero-order chi connectivity index (χ0) is 14.5. The van der Waals surface area contributed by atoms with Gasteiger partial charge in [0, 0.05) is 19.0 Å². The van der Waals surface area contributed by atoms with Crippen molar-refractivity contribution in [3.05, 3.63) is 29.8 Å². The first-order chi connectivity index (χ1) is 10.4. The zero-order valence-electron chi connectivity index (χ0n) is 13.0.